The molecule has 128 valence electrons. The summed E-state index contributed by atoms with van der Waals surface area (Å²) in [7, 11) is 0. The molecule has 0 unspecified atom stereocenters. The molecule has 24 heavy (non-hydrogen) atoms. The van der Waals surface area contributed by atoms with Crippen molar-refractivity contribution in [1.29, 1.82) is 0 Å². The van der Waals surface area contributed by atoms with E-state index < -0.39 is 0 Å². The third-order valence-corrected chi connectivity index (χ3v) is 4.32. The number of carbonyl (C=O) groups is 1. The highest BCUT2D eigenvalue weighted by Gasteiger charge is 2.22. The van der Waals surface area contributed by atoms with Crippen molar-refractivity contribution < 1.29 is 4.79 Å². The maximum Gasteiger partial charge on any atom is 0.317 e. The van der Waals surface area contributed by atoms with E-state index in [9.17, 15) is 4.79 Å². The molecule has 0 bridgehead atoms. The van der Waals surface area contributed by atoms with Crippen LogP contribution in [0.15, 0.2) is 43.0 Å². The molecular weight excluding hydrogens is 304 g/mol. The van der Waals surface area contributed by atoms with Crippen LogP contribution in [-0.2, 0) is 6.54 Å². The van der Waals surface area contributed by atoms with Crippen LogP contribution in [0.5, 0.6) is 0 Å². The average molecular weight is 328 g/mol. The van der Waals surface area contributed by atoms with Crippen LogP contribution in [0.4, 0.5) is 10.5 Å². The summed E-state index contributed by atoms with van der Waals surface area (Å²) in [5, 5.41) is 7.26. The van der Waals surface area contributed by atoms with Gasteiger partial charge in [-0.25, -0.2) is 4.79 Å². The lowest BCUT2D eigenvalue weighted by Gasteiger charge is -2.36. The molecule has 0 radical (unpaired) electrons. The van der Waals surface area contributed by atoms with Gasteiger partial charge in [-0.05, 0) is 31.5 Å². The number of anilines is 1. The standard InChI is InChI=1S/C17H24N6O/c1-15(5-10-23-9-2-6-19-23)20-17(24)22-13-11-21(12-14-22)16-3-7-18-8-4-16/h2-4,6-9,15H,5,10-14H2,1H3,(H,20,24)/t15-/m0/s1. The lowest BCUT2D eigenvalue weighted by Crippen LogP contribution is -2.53. The van der Waals surface area contributed by atoms with Crippen molar-refractivity contribution in [2.75, 3.05) is 31.1 Å². The zero-order valence-corrected chi connectivity index (χ0v) is 14.0. The molecule has 2 amide bonds. The lowest BCUT2D eigenvalue weighted by atomic mass is 10.2. The van der Waals surface area contributed by atoms with Crippen LogP contribution < -0.4 is 10.2 Å². The van der Waals surface area contributed by atoms with E-state index in [2.05, 4.69) is 20.3 Å². The molecular formula is C17H24N6O. The number of amides is 2. The number of hydrogen-bond donors (Lipinski definition) is 1. The smallest absolute Gasteiger partial charge is 0.317 e. The highest BCUT2D eigenvalue weighted by molar-refractivity contribution is 5.74. The van der Waals surface area contributed by atoms with Crippen LogP contribution in [0.25, 0.3) is 0 Å². The van der Waals surface area contributed by atoms with Gasteiger partial charge in [-0.1, -0.05) is 0 Å². The first-order valence-electron chi connectivity index (χ1n) is 8.40. The Morgan fingerprint density at radius 1 is 1.21 bits per heavy atom. The van der Waals surface area contributed by atoms with Crippen LogP contribution in [0.2, 0.25) is 0 Å². The Kier molecular flexibility index (Phi) is 5.30. The second kappa shape index (κ2) is 7.81. The van der Waals surface area contributed by atoms with Crippen molar-refractivity contribution in [3.63, 3.8) is 0 Å². The van der Waals surface area contributed by atoms with Crippen LogP contribution in [0.1, 0.15) is 13.3 Å². The maximum absolute atomic E-state index is 12.4. The number of pyridine rings is 1. The van der Waals surface area contributed by atoms with Gasteiger partial charge in [-0.3, -0.25) is 9.67 Å². The number of carbonyl (C=O) groups excluding carboxylic acids is 1. The third kappa shape index (κ3) is 4.24. The summed E-state index contributed by atoms with van der Waals surface area (Å²) in [6.07, 6.45) is 8.17. The van der Waals surface area contributed by atoms with E-state index in [1.165, 1.54) is 0 Å². The molecule has 1 saturated heterocycles. The monoisotopic (exact) mass is 328 g/mol. The molecule has 7 heteroatoms. The van der Waals surface area contributed by atoms with Gasteiger partial charge in [0, 0.05) is 69.2 Å². The van der Waals surface area contributed by atoms with Crippen molar-refractivity contribution in [3.05, 3.63) is 43.0 Å². The van der Waals surface area contributed by atoms with Crippen molar-refractivity contribution >= 4 is 11.7 Å². The van der Waals surface area contributed by atoms with Gasteiger partial charge in [0.25, 0.3) is 0 Å². The molecule has 0 aliphatic carbocycles. The van der Waals surface area contributed by atoms with Gasteiger partial charge in [0.1, 0.15) is 0 Å². The maximum atomic E-state index is 12.4. The number of aryl methyl sites for hydroxylation is 1. The predicted octanol–water partition coefficient (Wildman–Crippen LogP) is 1.59. The first-order chi connectivity index (χ1) is 11.7. The number of rotatable bonds is 5. The molecule has 0 saturated carbocycles. The van der Waals surface area contributed by atoms with Crippen molar-refractivity contribution in [1.82, 2.24) is 25.0 Å². The summed E-state index contributed by atoms with van der Waals surface area (Å²) in [5.41, 5.74) is 1.16. The van der Waals surface area contributed by atoms with Gasteiger partial charge in [0.2, 0.25) is 0 Å². The minimum atomic E-state index is 0.0253. The van der Waals surface area contributed by atoms with Crippen LogP contribution in [0, 0.1) is 0 Å². The average Bonchev–Trinajstić information content (AvgIpc) is 3.14. The summed E-state index contributed by atoms with van der Waals surface area (Å²) >= 11 is 0. The van der Waals surface area contributed by atoms with Crippen molar-refractivity contribution in [3.8, 4) is 0 Å². The quantitative estimate of drug-likeness (QED) is 0.905. The fourth-order valence-electron chi connectivity index (χ4n) is 2.86. The minimum absolute atomic E-state index is 0.0253. The van der Waals surface area contributed by atoms with E-state index in [4.69, 9.17) is 0 Å². The SMILES string of the molecule is C[C@@H](CCn1cccn1)NC(=O)N1CCN(c2ccncc2)CC1. The van der Waals surface area contributed by atoms with Crippen molar-refractivity contribution in [2.24, 2.45) is 0 Å². The molecule has 1 atom stereocenters. The number of piperazine rings is 1. The topological polar surface area (TPSA) is 66.3 Å². The van der Waals surface area contributed by atoms with Gasteiger partial charge in [-0.2, -0.15) is 5.10 Å². The summed E-state index contributed by atoms with van der Waals surface area (Å²) in [6.45, 7) is 6.01. The van der Waals surface area contributed by atoms with Gasteiger partial charge >= 0.3 is 6.03 Å². The van der Waals surface area contributed by atoms with E-state index in [0.29, 0.717) is 0 Å². The first-order valence-corrected chi connectivity index (χ1v) is 8.40. The van der Waals surface area contributed by atoms with E-state index in [0.717, 1.165) is 44.8 Å². The van der Waals surface area contributed by atoms with Crippen LogP contribution in [-0.4, -0.2) is 57.9 Å². The Bertz CT molecular complexity index is 622. The molecule has 2 aromatic heterocycles. The molecule has 1 aliphatic rings. The number of nitrogens with one attached hydrogen (secondary N) is 1. The second-order valence-electron chi connectivity index (χ2n) is 6.09. The zero-order chi connectivity index (χ0) is 16.8. The summed E-state index contributed by atoms with van der Waals surface area (Å²) < 4.78 is 1.89. The molecule has 7 nitrogen and oxygen atoms in total. The molecule has 3 rings (SSSR count). The predicted molar refractivity (Wildman–Crippen MR) is 92.9 cm³/mol. The molecule has 0 aromatic carbocycles. The zero-order valence-electron chi connectivity index (χ0n) is 14.0. The van der Waals surface area contributed by atoms with E-state index in [-0.39, 0.29) is 12.1 Å². The Labute approximate surface area is 142 Å². The Morgan fingerprint density at radius 3 is 2.62 bits per heavy atom. The largest absolute Gasteiger partial charge is 0.368 e. The summed E-state index contributed by atoms with van der Waals surface area (Å²) in [4.78, 5) is 20.6. The molecule has 0 spiro atoms. The molecule has 1 N–H and O–H groups in total. The van der Waals surface area contributed by atoms with E-state index in [1.54, 1.807) is 18.6 Å². The first kappa shape index (κ1) is 16.3. The summed E-state index contributed by atoms with van der Waals surface area (Å²) in [6, 6.07) is 6.07. The second-order valence-corrected chi connectivity index (χ2v) is 6.09. The lowest BCUT2D eigenvalue weighted by molar-refractivity contribution is 0.190. The van der Waals surface area contributed by atoms with Gasteiger partial charge < -0.3 is 15.1 Å². The molecule has 1 fully saturated rings. The Morgan fingerprint density at radius 2 is 1.96 bits per heavy atom. The van der Waals surface area contributed by atoms with Crippen molar-refractivity contribution in [2.45, 2.75) is 25.9 Å². The fourth-order valence-corrected chi connectivity index (χ4v) is 2.86. The number of aromatic nitrogens is 3. The van der Waals surface area contributed by atoms with Gasteiger partial charge in [-0.15, -0.1) is 0 Å². The number of nitrogens with zero attached hydrogens (tertiary/aromatic N) is 5. The highest BCUT2D eigenvalue weighted by atomic mass is 16.2. The van der Waals surface area contributed by atoms with E-state index in [1.807, 2.05) is 40.9 Å². The molecule has 2 aromatic rings. The third-order valence-electron chi connectivity index (χ3n) is 4.32. The normalized spacial score (nSPS) is 16.0. The summed E-state index contributed by atoms with van der Waals surface area (Å²) in [5.74, 6) is 0. The fraction of sp³-hybridized carbons (Fsp3) is 0.471. The highest BCUT2D eigenvalue weighted by Crippen LogP contribution is 2.14. The Balaban J connectivity index is 1.41. The molecule has 3 heterocycles. The van der Waals surface area contributed by atoms with Gasteiger partial charge in [0.05, 0.1) is 0 Å². The minimum Gasteiger partial charge on any atom is -0.368 e. The van der Waals surface area contributed by atoms with Crippen LogP contribution >= 0.6 is 0 Å². The number of hydrogen-bond acceptors (Lipinski definition) is 4. The number of urea groups is 1. The van der Waals surface area contributed by atoms with E-state index >= 15 is 0 Å². The van der Waals surface area contributed by atoms with Crippen LogP contribution in [0.3, 0.4) is 0 Å². The van der Waals surface area contributed by atoms with Gasteiger partial charge in [0.15, 0.2) is 0 Å². The molecule has 1 aliphatic heterocycles. The Hall–Kier alpha value is -2.57.